The first-order chi connectivity index (χ1) is 9.86. The molecule has 1 saturated carbocycles. The van der Waals surface area contributed by atoms with Gasteiger partial charge in [0.15, 0.2) is 0 Å². The zero-order chi connectivity index (χ0) is 15.7. The van der Waals surface area contributed by atoms with Crippen LogP contribution in [0.4, 0.5) is 0 Å². The second-order valence-corrected chi connectivity index (χ2v) is 6.36. The molecule has 1 fully saturated rings. The fourth-order valence-corrected chi connectivity index (χ4v) is 3.84. The maximum atomic E-state index is 12.4. The third-order valence-electron chi connectivity index (χ3n) is 5.13. The van der Waals surface area contributed by atoms with Crippen LogP contribution >= 0.6 is 0 Å². The molecule has 0 aliphatic heterocycles. The molecule has 2 unspecified atom stereocenters. The van der Waals surface area contributed by atoms with Gasteiger partial charge in [0, 0.05) is 6.04 Å². The Hall–Kier alpha value is -1.39. The van der Waals surface area contributed by atoms with E-state index in [1.165, 1.54) is 0 Å². The SMILES string of the molecule is CC(N(C)C)C(C(=O)O)(c1ccccc1)C1(O)CCCC1. The summed E-state index contributed by atoms with van der Waals surface area (Å²) in [6, 6.07) is 8.88. The quantitative estimate of drug-likeness (QED) is 0.873. The minimum absolute atomic E-state index is 0.319. The van der Waals surface area contributed by atoms with E-state index in [0.717, 1.165) is 12.8 Å². The largest absolute Gasteiger partial charge is 0.480 e. The van der Waals surface area contributed by atoms with E-state index in [-0.39, 0.29) is 6.04 Å². The molecule has 0 saturated heterocycles. The lowest BCUT2D eigenvalue weighted by atomic mass is 9.61. The summed E-state index contributed by atoms with van der Waals surface area (Å²) in [4.78, 5) is 14.3. The fraction of sp³-hybridized carbons (Fsp3) is 0.588. The summed E-state index contributed by atoms with van der Waals surface area (Å²) in [5, 5.41) is 21.4. The van der Waals surface area contributed by atoms with E-state index in [1.54, 1.807) is 0 Å². The van der Waals surface area contributed by atoms with E-state index < -0.39 is 17.0 Å². The number of nitrogens with zero attached hydrogens (tertiary/aromatic N) is 1. The second kappa shape index (κ2) is 5.78. The summed E-state index contributed by atoms with van der Waals surface area (Å²) in [7, 11) is 3.73. The van der Waals surface area contributed by atoms with Crippen molar-refractivity contribution < 1.29 is 15.0 Å². The van der Waals surface area contributed by atoms with Crippen LogP contribution in [0.15, 0.2) is 30.3 Å². The number of benzene rings is 1. The van der Waals surface area contributed by atoms with E-state index in [1.807, 2.05) is 56.3 Å². The van der Waals surface area contributed by atoms with Gasteiger partial charge in [-0.05, 0) is 39.4 Å². The maximum Gasteiger partial charge on any atom is 0.318 e. The molecular formula is C17H25NO3. The number of carboxylic acid groups (broad SMARTS) is 1. The Morgan fingerprint density at radius 1 is 1.24 bits per heavy atom. The molecule has 0 amide bonds. The highest BCUT2D eigenvalue weighted by Gasteiger charge is 2.61. The van der Waals surface area contributed by atoms with Crippen molar-refractivity contribution in [2.45, 2.75) is 49.7 Å². The number of rotatable bonds is 5. The van der Waals surface area contributed by atoms with Crippen LogP contribution in [0.3, 0.4) is 0 Å². The highest BCUT2D eigenvalue weighted by Crippen LogP contribution is 2.49. The van der Waals surface area contributed by atoms with Crippen LogP contribution in [0.2, 0.25) is 0 Å². The van der Waals surface area contributed by atoms with Gasteiger partial charge in [-0.2, -0.15) is 0 Å². The minimum Gasteiger partial charge on any atom is -0.480 e. The Bertz CT molecular complexity index is 494. The monoisotopic (exact) mass is 291 g/mol. The molecule has 1 aromatic rings. The van der Waals surface area contributed by atoms with E-state index in [9.17, 15) is 15.0 Å². The van der Waals surface area contributed by atoms with Gasteiger partial charge in [-0.25, -0.2) is 0 Å². The van der Waals surface area contributed by atoms with Crippen LogP contribution in [-0.4, -0.2) is 46.8 Å². The standard InChI is InChI=1S/C17H25NO3/c1-13(18(2)3)17(15(19)20,14-9-5-4-6-10-14)16(21)11-7-8-12-16/h4-6,9-10,13,21H,7-8,11-12H2,1-3H3,(H,19,20). The molecule has 0 spiro atoms. The number of carbonyl (C=O) groups is 1. The molecule has 116 valence electrons. The first-order valence-corrected chi connectivity index (χ1v) is 7.54. The van der Waals surface area contributed by atoms with Gasteiger partial charge >= 0.3 is 5.97 Å². The summed E-state index contributed by atoms with van der Waals surface area (Å²) < 4.78 is 0. The summed E-state index contributed by atoms with van der Waals surface area (Å²) in [5.74, 6) is -0.945. The molecule has 2 N–H and O–H groups in total. The molecule has 0 aromatic heterocycles. The van der Waals surface area contributed by atoms with Crippen LogP contribution < -0.4 is 0 Å². The lowest BCUT2D eigenvalue weighted by Gasteiger charge is -2.48. The van der Waals surface area contributed by atoms with Gasteiger partial charge in [-0.15, -0.1) is 0 Å². The number of likely N-dealkylation sites (N-methyl/N-ethyl adjacent to an activating group) is 1. The van der Waals surface area contributed by atoms with Crippen molar-refractivity contribution in [2.75, 3.05) is 14.1 Å². The molecule has 1 aromatic carbocycles. The Labute approximate surface area is 126 Å². The Kier molecular flexibility index (Phi) is 4.40. The predicted molar refractivity (Wildman–Crippen MR) is 82.3 cm³/mol. The Morgan fingerprint density at radius 2 is 1.76 bits per heavy atom. The second-order valence-electron chi connectivity index (χ2n) is 6.36. The van der Waals surface area contributed by atoms with Crippen LogP contribution in [0.25, 0.3) is 0 Å². The Balaban J connectivity index is 2.69. The van der Waals surface area contributed by atoms with Gasteiger partial charge in [0.2, 0.25) is 0 Å². The number of aliphatic hydroxyl groups is 1. The maximum absolute atomic E-state index is 12.4. The van der Waals surface area contributed by atoms with Gasteiger partial charge in [0.05, 0.1) is 5.60 Å². The van der Waals surface area contributed by atoms with Gasteiger partial charge in [-0.1, -0.05) is 43.2 Å². The van der Waals surface area contributed by atoms with Crippen LogP contribution in [0, 0.1) is 0 Å². The average Bonchev–Trinajstić information content (AvgIpc) is 2.88. The smallest absolute Gasteiger partial charge is 0.318 e. The molecule has 0 heterocycles. The van der Waals surface area contributed by atoms with Crippen LogP contribution in [0.1, 0.15) is 38.2 Å². The zero-order valence-corrected chi connectivity index (χ0v) is 13.0. The summed E-state index contributed by atoms with van der Waals surface area (Å²) in [6.45, 7) is 1.89. The number of carboxylic acids is 1. The average molecular weight is 291 g/mol. The van der Waals surface area contributed by atoms with Crippen molar-refractivity contribution in [3.8, 4) is 0 Å². The predicted octanol–water partition coefficient (Wildman–Crippen LogP) is 2.26. The normalized spacial score (nSPS) is 22.0. The first-order valence-electron chi connectivity index (χ1n) is 7.54. The third kappa shape index (κ3) is 2.36. The van der Waals surface area contributed by atoms with Gasteiger partial charge < -0.3 is 15.1 Å². The van der Waals surface area contributed by atoms with Crippen molar-refractivity contribution in [2.24, 2.45) is 0 Å². The molecule has 1 aliphatic rings. The van der Waals surface area contributed by atoms with E-state index in [0.29, 0.717) is 18.4 Å². The van der Waals surface area contributed by atoms with Crippen molar-refractivity contribution in [1.82, 2.24) is 4.90 Å². The van der Waals surface area contributed by atoms with Crippen LogP contribution in [-0.2, 0) is 10.2 Å². The van der Waals surface area contributed by atoms with Crippen molar-refractivity contribution in [3.05, 3.63) is 35.9 Å². The highest BCUT2D eigenvalue weighted by molar-refractivity contribution is 5.84. The van der Waals surface area contributed by atoms with E-state index in [4.69, 9.17) is 0 Å². The molecule has 4 heteroatoms. The van der Waals surface area contributed by atoms with Gasteiger partial charge in [-0.3, -0.25) is 4.79 Å². The number of hydrogen-bond acceptors (Lipinski definition) is 3. The van der Waals surface area contributed by atoms with Crippen molar-refractivity contribution >= 4 is 5.97 Å². The molecule has 1 aliphatic carbocycles. The molecular weight excluding hydrogens is 266 g/mol. The molecule has 4 nitrogen and oxygen atoms in total. The minimum atomic E-state index is -1.31. The number of aliphatic carboxylic acids is 1. The van der Waals surface area contributed by atoms with E-state index >= 15 is 0 Å². The zero-order valence-electron chi connectivity index (χ0n) is 13.0. The van der Waals surface area contributed by atoms with Gasteiger partial charge in [0.1, 0.15) is 5.41 Å². The van der Waals surface area contributed by atoms with E-state index in [2.05, 4.69) is 0 Å². The molecule has 2 atom stereocenters. The first kappa shape index (κ1) is 16.0. The van der Waals surface area contributed by atoms with Gasteiger partial charge in [0.25, 0.3) is 0 Å². The molecule has 21 heavy (non-hydrogen) atoms. The highest BCUT2D eigenvalue weighted by atomic mass is 16.4. The molecule has 2 rings (SSSR count). The lowest BCUT2D eigenvalue weighted by molar-refractivity contribution is -0.162. The lowest BCUT2D eigenvalue weighted by Crippen LogP contribution is -2.64. The Morgan fingerprint density at radius 3 is 2.19 bits per heavy atom. The van der Waals surface area contributed by atoms with Crippen molar-refractivity contribution in [1.29, 1.82) is 0 Å². The summed E-state index contributed by atoms with van der Waals surface area (Å²) in [5.41, 5.74) is -1.83. The topological polar surface area (TPSA) is 60.8 Å². The third-order valence-corrected chi connectivity index (χ3v) is 5.13. The fourth-order valence-electron chi connectivity index (χ4n) is 3.84. The molecule has 0 bridgehead atoms. The van der Waals surface area contributed by atoms with Crippen LogP contribution in [0.5, 0.6) is 0 Å². The van der Waals surface area contributed by atoms with Crippen molar-refractivity contribution in [3.63, 3.8) is 0 Å². The number of hydrogen-bond donors (Lipinski definition) is 2. The molecule has 0 radical (unpaired) electrons. The summed E-state index contributed by atoms with van der Waals surface area (Å²) >= 11 is 0. The summed E-state index contributed by atoms with van der Waals surface area (Å²) in [6.07, 6.45) is 2.82.